The highest BCUT2D eigenvalue weighted by molar-refractivity contribution is 7.99. The van der Waals surface area contributed by atoms with Gasteiger partial charge in [0.25, 0.3) is 0 Å². The Kier molecular flexibility index (Phi) is 10.2. The van der Waals surface area contributed by atoms with Crippen molar-refractivity contribution in [2.45, 2.75) is 30.8 Å². The highest BCUT2D eigenvalue weighted by Crippen LogP contribution is 2.25. The summed E-state index contributed by atoms with van der Waals surface area (Å²) in [6, 6.07) is 9.69. The molecule has 1 amide bonds. The third-order valence-corrected chi connectivity index (χ3v) is 6.53. The number of nitrogens with one attached hydrogen (secondary N) is 1. The number of halogens is 2. The summed E-state index contributed by atoms with van der Waals surface area (Å²) >= 11 is 13.5. The van der Waals surface area contributed by atoms with Crippen molar-refractivity contribution >= 4 is 52.4 Å². The molecule has 0 aliphatic carbocycles. The van der Waals surface area contributed by atoms with Crippen molar-refractivity contribution in [2.75, 3.05) is 54.8 Å². The molecule has 0 saturated carbocycles. The third-order valence-electron chi connectivity index (χ3n) is 5.24. The van der Waals surface area contributed by atoms with Crippen LogP contribution in [-0.2, 0) is 4.79 Å². The van der Waals surface area contributed by atoms with Crippen molar-refractivity contribution in [3.63, 3.8) is 0 Å². The van der Waals surface area contributed by atoms with Crippen molar-refractivity contribution in [1.82, 2.24) is 15.3 Å². The van der Waals surface area contributed by atoms with Gasteiger partial charge in [0, 0.05) is 49.5 Å². The zero-order chi connectivity index (χ0) is 22.8. The lowest BCUT2D eigenvalue weighted by Gasteiger charge is -2.36. The molecule has 1 aliphatic heterocycles. The second-order valence-corrected chi connectivity index (χ2v) is 9.39. The molecule has 7 nitrogen and oxygen atoms in total. The van der Waals surface area contributed by atoms with Crippen LogP contribution < -0.4 is 20.9 Å². The summed E-state index contributed by atoms with van der Waals surface area (Å²) in [5.41, 5.74) is 6.65. The van der Waals surface area contributed by atoms with E-state index >= 15 is 0 Å². The summed E-state index contributed by atoms with van der Waals surface area (Å²) < 4.78 is 0. The molecular formula is C22H30Cl2N6OS. The van der Waals surface area contributed by atoms with Gasteiger partial charge in [-0.3, -0.25) is 4.79 Å². The van der Waals surface area contributed by atoms with Gasteiger partial charge in [0.05, 0.1) is 5.75 Å². The lowest BCUT2D eigenvalue weighted by atomic mass is 10.2. The Bertz CT molecular complexity index is 862. The molecule has 0 unspecified atom stereocenters. The molecule has 0 radical (unpaired) electrons. The van der Waals surface area contributed by atoms with Crippen molar-refractivity contribution in [3.05, 3.63) is 40.5 Å². The predicted octanol–water partition coefficient (Wildman–Crippen LogP) is 3.84. The number of nitrogens with zero attached hydrogens (tertiary/aromatic N) is 4. The summed E-state index contributed by atoms with van der Waals surface area (Å²) in [7, 11) is 0. The number of unbranched alkanes of at least 4 members (excludes halogenated alkanes) is 3. The van der Waals surface area contributed by atoms with E-state index in [9.17, 15) is 4.79 Å². The Labute approximate surface area is 204 Å². The number of piperazine rings is 1. The highest BCUT2D eigenvalue weighted by Gasteiger charge is 2.20. The summed E-state index contributed by atoms with van der Waals surface area (Å²) in [6.45, 7) is 4.81. The van der Waals surface area contributed by atoms with E-state index < -0.39 is 0 Å². The molecule has 1 saturated heterocycles. The molecule has 174 valence electrons. The number of hydrogen-bond acceptors (Lipinski definition) is 7. The first-order valence-electron chi connectivity index (χ1n) is 10.9. The Hall–Kier alpha value is -1.74. The fourth-order valence-electron chi connectivity index (χ4n) is 3.49. The number of anilines is 2. The number of nitrogens with two attached hydrogens (primary N) is 1. The topological polar surface area (TPSA) is 87.4 Å². The minimum atomic E-state index is -0.0180. The molecule has 0 atom stereocenters. The molecular weight excluding hydrogens is 467 g/mol. The molecule has 1 aromatic heterocycles. The maximum absolute atomic E-state index is 12.1. The Morgan fingerprint density at radius 3 is 2.41 bits per heavy atom. The number of thioether (sulfide) groups is 1. The first-order chi connectivity index (χ1) is 15.5. The van der Waals surface area contributed by atoms with Crippen LogP contribution in [0, 0.1) is 0 Å². The Morgan fingerprint density at radius 2 is 1.69 bits per heavy atom. The molecule has 0 bridgehead atoms. The molecule has 1 fully saturated rings. The predicted molar refractivity (Wildman–Crippen MR) is 134 cm³/mol. The monoisotopic (exact) mass is 496 g/mol. The fraction of sp³-hybridized carbons (Fsp3) is 0.500. The summed E-state index contributed by atoms with van der Waals surface area (Å²) in [4.78, 5) is 25.5. The number of carbonyl (C=O) groups is 1. The largest absolute Gasteiger partial charge is 0.368 e. The number of hydrogen-bond donors (Lipinski definition) is 2. The number of amides is 1. The number of aromatic nitrogens is 2. The average Bonchev–Trinajstić information content (AvgIpc) is 2.80. The molecule has 1 aromatic carbocycles. The summed E-state index contributed by atoms with van der Waals surface area (Å²) in [6.07, 6.45) is 4.19. The van der Waals surface area contributed by atoms with E-state index in [1.807, 2.05) is 24.3 Å². The van der Waals surface area contributed by atoms with E-state index in [4.69, 9.17) is 28.9 Å². The van der Waals surface area contributed by atoms with Crippen LogP contribution in [0.1, 0.15) is 25.7 Å². The maximum atomic E-state index is 12.1. The van der Waals surface area contributed by atoms with Crippen molar-refractivity contribution in [3.8, 4) is 0 Å². The van der Waals surface area contributed by atoms with E-state index in [1.54, 1.807) is 6.07 Å². The van der Waals surface area contributed by atoms with E-state index in [-0.39, 0.29) is 11.7 Å². The minimum Gasteiger partial charge on any atom is -0.368 e. The van der Waals surface area contributed by atoms with Crippen molar-refractivity contribution < 1.29 is 4.79 Å². The van der Waals surface area contributed by atoms with E-state index in [0.29, 0.717) is 16.9 Å². The first kappa shape index (κ1) is 24.9. The van der Waals surface area contributed by atoms with Gasteiger partial charge >= 0.3 is 0 Å². The number of rotatable bonds is 11. The van der Waals surface area contributed by atoms with Crippen LogP contribution in [-0.4, -0.2) is 60.9 Å². The molecule has 10 heteroatoms. The molecule has 2 aromatic rings. The van der Waals surface area contributed by atoms with Crippen LogP contribution in [0.2, 0.25) is 10.2 Å². The Morgan fingerprint density at radius 1 is 1.00 bits per heavy atom. The van der Waals surface area contributed by atoms with Gasteiger partial charge in [0.15, 0.2) is 5.16 Å². The third kappa shape index (κ3) is 7.99. The zero-order valence-corrected chi connectivity index (χ0v) is 20.4. The first-order valence-corrected chi connectivity index (χ1v) is 12.7. The fourth-order valence-corrected chi connectivity index (χ4v) is 4.53. The normalized spacial score (nSPS) is 14.0. The molecule has 2 heterocycles. The van der Waals surface area contributed by atoms with E-state index in [0.717, 1.165) is 74.9 Å². The maximum Gasteiger partial charge on any atom is 0.230 e. The lowest BCUT2D eigenvalue weighted by molar-refractivity contribution is -0.118. The number of benzene rings is 1. The van der Waals surface area contributed by atoms with Gasteiger partial charge in [-0.15, -0.1) is 0 Å². The van der Waals surface area contributed by atoms with Crippen molar-refractivity contribution in [1.29, 1.82) is 0 Å². The van der Waals surface area contributed by atoms with Gasteiger partial charge in [0.1, 0.15) is 11.0 Å². The highest BCUT2D eigenvalue weighted by atomic mass is 35.5. The second kappa shape index (κ2) is 13.1. The summed E-state index contributed by atoms with van der Waals surface area (Å²) in [5, 5.41) is 4.59. The molecule has 3 rings (SSSR count). The second-order valence-electron chi connectivity index (χ2n) is 7.62. The SMILES string of the molecule is NCCCCCCNC(=O)CSc1nc(Cl)cc(N2CCN(c3ccc(Cl)cc3)CC2)n1. The minimum absolute atomic E-state index is 0.0180. The van der Waals surface area contributed by atoms with Crippen LogP contribution in [0.5, 0.6) is 0 Å². The van der Waals surface area contributed by atoms with Gasteiger partial charge in [-0.1, -0.05) is 47.8 Å². The molecule has 3 N–H and O–H groups in total. The zero-order valence-electron chi connectivity index (χ0n) is 18.1. The molecule has 0 spiro atoms. The summed E-state index contributed by atoms with van der Waals surface area (Å²) in [5.74, 6) is 1.05. The standard InChI is InChI=1S/C22H30Cl2N6OS/c23-17-5-7-18(8-6-17)29-11-13-30(14-12-29)20-15-19(24)27-22(28-20)32-16-21(31)26-10-4-2-1-3-9-25/h5-8,15H,1-4,9-14,16,25H2,(H,26,31). The van der Waals surface area contributed by atoms with Gasteiger partial charge in [-0.05, 0) is 43.7 Å². The van der Waals surface area contributed by atoms with Crippen molar-refractivity contribution in [2.24, 2.45) is 5.73 Å². The van der Waals surface area contributed by atoms with Gasteiger partial charge in [-0.25, -0.2) is 9.97 Å². The number of carbonyl (C=O) groups excluding carboxylic acids is 1. The molecule has 32 heavy (non-hydrogen) atoms. The Balaban J connectivity index is 1.46. The van der Waals surface area contributed by atoms with Gasteiger partial charge < -0.3 is 20.9 Å². The van der Waals surface area contributed by atoms with Gasteiger partial charge in [0.2, 0.25) is 5.91 Å². The molecule has 1 aliphatic rings. The van der Waals surface area contributed by atoms with Crippen LogP contribution in [0.15, 0.2) is 35.5 Å². The average molecular weight is 497 g/mol. The van der Waals surface area contributed by atoms with E-state index in [1.165, 1.54) is 11.8 Å². The van der Waals surface area contributed by atoms with Crippen LogP contribution in [0.4, 0.5) is 11.5 Å². The van der Waals surface area contributed by atoms with Crippen LogP contribution in [0.25, 0.3) is 0 Å². The van der Waals surface area contributed by atoms with Crippen LogP contribution >= 0.6 is 35.0 Å². The quantitative estimate of drug-likeness (QED) is 0.211. The smallest absolute Gasteiger partial charge is 0.230 e. The van der Waals surface area contributed by atoms with Crippen LogP contribution in [0.3, 0.4) is 0 Å². The lowest BCUT2D eigenvalue weighted by Crippen LogP contribution is -2.46. The van der Waals surface area contributed by atoms with E-state index in [2.05, 4.69) is 25.1 Å². The van der Waals surface area contributed by atoms with Gasteiger partial charge in [-0.2, -0.15) is 0 Å².